The quantitative estimate of drug-likeness (QED) is 0.639. The minimum atomic E-state index is -3.15. The monoisotopic (exact) mass is 455 g/mol. The van der Waals surface area contributed by atoms with Crippen molar-refractivity contribution in [2.75, 3.05) is 30.9 Å². The highest BCUT2D eigenvalue weighted by Gasteiger charge is 2.26. The van der Waals surface area contributed by atoms with Crippen molar-refractivity contribution >= 4 is 26.4 Å². The van der Waals surface area contributed by atoms with E-state index in [2.05, 4.69) is 9.88 Å². The number of aromatic nitrogens is 2. The van der Waals surface area contributed by atoms with Crippen molar-refractivity contribution in [3.05, 3.63) is 52.1 Å². The summed E-state index contributed by atoms with van der Waals surface area (Å²) in [6.07, 6.45) is 8.36. The van der Waals surface area contributed by atoms with Crippen molar-refractivity contribution in [2.24, 2.45) is 13.0 Å². The molecule has 1 saturated heterocycles. The van der Waals surface area contributed by atoms with Crippen LogP contribution in [0.1, 0.15) is 30.4 Å². The number of anilines is 1. The number of aromatic amines is 1. The first-order valence-electron chi connectivity index (χ1n) is 11.1. The van der Waals surface area contributed by atoms with Gasteiger partial charge in [0.1, 0.15) is 5.52 Å². The Morgan fingerprint density at radius 1 is 1.19 bits per heavy atom. The second-order valence-electron chi connectivity index (χ2n) is 9.21. The van der Waals surface area contributed by atoms with Gasteiger partial charge in [-0.15, -0.1) is 0 Å². The van der Waals surface area contributed by atoms with Crippen molar-refractivity contribution < 1.29 is 13.2 Å². The zero-order chi connectivity index (χ0) is 22.5. The predicted molar refractivity (Wildman–Crippen MR) is 127 cm³/mol. The van der Waals surface area contributed by atoms with E-state index in [4.69, 9.17) is 4.74 Å². The topological polar surface area (TPSA) is 84.4 Å². The smallest absolute Gasteiger partial charge is 0.274 e. The van der Waals surface area contributed by atoms with Gasteiger partial charge in [0.15, 0.2) is 9.84 Å². The van der Waals surface area contributed by atoms with Crippen LogP contribution in [0.2, 0.25) is 0 Å². The summed E-state index contributed by atoms with van der Waals surface area (Å²) in [5, 5.41) is 0.944. The number of nitrogens with one attached hydrogen (secondary N) is 1. The third kappa shape index (κ3) is 3.97. The highest BCUT2D eigenvalue weighted by molar-refractivity contribution is 7.89. The maximum atomic E-state index is 12.8. The van der Waals surface area contributed by atoms with Crippen molar-refractivity contribution in [1.82, 2.24) is 9.55 Å². The average Bonchev–Trinajstić information content (AvgIpc) is 3.12. The lowest BCUT2D eigenvalue weighted by atomic mass is 9.96. The first-order chi connectivity index (χ1) is 15.3. The Bertz CT molecular complexity index is 1330. The minimum Gasteiger partial charge on any atom is -0.381 e. The number of H-pyrrole nitrogens is 1. The highest BCUT2D eigenvalue weighted by atomic mass is 32.2. The van der Waals surface area contributed by atoms with E-state index in [0.29, 0.717) is 18.0 Å². The van der Waals surface area contributed by atoms with E-state index in [9.17, 15) is 13.2 Å². The number of benzene rings is 1. The number of pyridine rings is 1. The molecule has 1 fully saturated rings. The fraction of sp³-hybridized carbons (Fsp3) is 0.458. The summed E-state index contributed by atoms with van der Waals surface area (Å²) in [5.41, 5.74) is 5.45. The van der Waals surface area contributed by atoms with Gasteiger partial charge in [0.2, 0.25) is 0 Å². The number of hydrogen-bond acceptors (Lipinski definition) is 5. The Labute approximate surface area is 187 Å². The number of hydrogen-bond donors (Lipinski definition) is 1. The van der Waals surface area contributed by atoms with E-state index >= 15 is 0 Å². The second-order valence-corrected chi connectivity index (χ2v) is 11.4. The summed E-state index contributed by atoms with van der Waals surface area (Å²) in [6, 6.07) is 5.95. The van der Waals surface area contributed by atoms with E-state index < -0.39 is 9.84 Å². The molecule has 0 aliphatic carbocycles. The van der Waals surface area contributed by atoms with Gasteiger partial charge in [-0.2, -0.15) is 0 Å². The normalized spacial score (nSPS) is 16.9. The Hall–Kier alpha value is -2.58. The van der Waals surface area contributed by atoms with Crippen LogP contribution in [0.15, 0.2) is 35.4 Å². The van der Waals surface area contributed by atoms with Crippen LogP contribution in [0, 0.1) is 5.92 Å². The molecule has 4 heterocycles. The molecule has 3 aromatic rings. The molecule has 0 unspecified atom stereocenters. The first kappa shape index (κ1) is 21.3. The molecule has 0 amide bonds. The fourth-order valence-corrected chi connectivity index (χ4v) is 5.88. The van der Waals surface area contributed by atoms with Gasteiger partial charge in [-0.05, 0) is 48.4 Å². The van der Waals surface area contributed by atoms with Gasteiger partial charge in [-0.25, -0.2) is 8.42 Å². The molecule has 170 valence electrons. The summed E-state index contributed by atoms with van der Waals surface area (Å²) in [5.74, 6) is 0.650. The van der Waals surface area contributed by atoms with Crippen molar-refractivity contribution in [3.63, 3.8) is 0 Å². The fourth-order valence-electron chi connectivity index (χ4n) is 5.09. The van der Waals surface area contributed by atoms with Crippen molar-refractivity contribution in [2.45, 2.75) is 31.6 Å². The summed E-state index contributed by atoms with van der Waals surface area (Å²) in [7, 11) is -1.40. The molecule has 2 aliphatic heterocycles. The van der Waals surface area contributed by atoms with Crippen LogP contribution in [0.5, 0.6) is 0 Å². The molecule has 2 aliphatic rings. The molecule has 2 aromatic heterocycles. The van der Waals surface area contributed by atoms with Gasteiger partial charge < -0.3 is 19.2 Å². The number of ether oxygens (including phenoxy) is 1. The zero-order valence-corrected chi connectivity index (χ0v) is 19.4. The van der Waals surface area contributed by atoms with Crippen LogP contribution in [-0.2, 0) is 33.9 Å². The van der Waals surface area contributed by atoms with Crippen LogP contribution in [-0.4, -0.2) is 44.0 Å². The molecule has 7 nitrogen and oxygen atoms in total. The maximum absolute atomic E-state index is 12.8. The van der Waals surface area contributed by atoms with E-state index in [1.165, 1.54) is 6.26 Å². The zero-order valence-electron chi connectivity index (χ0n) is 18.6. The number of aryl methyl sites for hydroxylation is 1. The van der Waals surface area contributed by atoms with Crippen LogP contribution < -0.4 is 10.5 Å². The predicted octanol–water partition coefficient (Wildman–Crippen LogP) is 3.21. The summed E-state index contributed by atoms with van der Waals surface area (Å²) < 4.78 is 31.0. The van der Waals surface area contributed by atoms with Gasteiger partial charge >= 0.3 is 0 Å². The molecule has 0 spiro atoms. The molecule has 0 atom stereocenters. The average molecular weight is 456 g/mol. The highest BCUT2D eigenvalue weighted by Crippen LogP contribution is 2.41. The molecular weight excluding hydrogens is 426 g/mol. The lowest BCUT2D eigenvalue weighted by Crippen LogP contribution is -2.27. The SMILES string of the molecule is Cn1cc2c3c(c[nH]c3c1=O)CN(CCC1CCOCC1)c1ccc(CS(C)(=O)=O)cc1-2. The second kappa shape index (κ2) is 8.08. The third-order valence-corrected chi connectivity index (χ3v) is 7.58. The van der Waals surface area contributed by atoms with E-state index in [0.717, 1.165) is 72.3 Å². The van der Waals surface area contributed by atoms with Gasteiger partial charge in [0.25, 0.3) is 5.56 Å². The Morgan fingerprint density at radius 3 is 2.72 bits per heavy atom. The van der Waals surface area contributed by atoms with Crippen molar-refractivity contribution in [1.29, 1.82) is 0 Å². The molecular formula is C24H29N3O4S. The van der Waals surface area contributed by atoms with Gasteiger partial charge in [-0.3, -0.25) is 4.79 Å². The Kier molecular flexibility index (Phi) is 5.37. The molecule has 0 radical (unpaired) electrons. The summed E-state index contributed by atoms with van der Waals surface area (Å²) in [4.78, 5) is 18.3. The number of sulfone groups is 1. The van der Waals surface area contributed by atoms with E-state index in [1.807, 2.05) is 30.6 Å². The Morgan fingerprint density at radius 2 is 1.97 bits per heavy atom. The lowest BCUT2D eigenvalue weighted by Gasteiger charge is -2.29. The third-order valence-electron chi connectivity index (χ3n) is 6.72. The van der Waals surface area contributed by atoms with E-state index in [1.54, 1.807) is 11.6 Å². The molecule has 32 heavy (non-hydrogen) atoms. The number of nitrogens with zero attached hydrogens (tertiary/aromatic N) is 2. The van der Waals surface area contributed by atoms with Crippen LogP contribution >= 0.6 is 0 Å². The van der Waals surface area contributed by atoms with E-state index in [-0.39, 0.29) is 11.3 Å². The van der Waals surface area contributed by atoms with Crippen LogP contribution in [0.4, 0.5) is 5.69 Å². The first-order valence-corrected chi connectivity index (χ1v) is 13.2. The molecule has 1 aromatic carbocycles. The Balaban J connectivity index is 1.62. The number of rotatable bonds is 5. The standard InChI is InChI=1S/C24H29N3O4S/c1-26-14-20-19-11-17(15-32(2,29)30)3-4-21(19)27(8-5-16-6-9-31-10-7-16)13-18-12-25-23(22(18)20)24(26)28/h3-4,11-12,14,16,25H,5-10,13,15H2,1-2H3. The number of fused-ring (bicyclic) bond motifs is 2. The summed E-state index contributed by atoms with van der Waals surface area (Å²) >= 11 is 0. The maximum Gasteiger partial charge on any atom is 0.274 e. The molecule has 0 saturated carbocycles. The molecule has 1 N–H and O–H groups in total. The van der Waals surface area contributed by atoms with Crippen molar-refractivity contribution in [3.8, 4) is 11.1 Å². The van der Waals surface area contributed by atoms with Crippen LogP contribution in [0.3, 0.4) is 0 Å². The lowest BCUT2D eigenvalue weighted by molar-refractivity contribution is 0.0644. The minimum absolute atomic E-state index is 0.00272. The summed E-state index contributed by atoms with van der Waals surface area (Å²) in [6.45, 7) is 3.29. The van der Waals surface area contributed by atoms with Gasteiger partial charge in [-0.1, -0.05) is 6.07 Å². The van der Waals surface area contributed by atoms with Crippen LogP contribution in [0.25, 0.3) is 22.0 Å². The van der Waals surface area contributed by atoms with Gasteiger partial charge in [0.05, 0.1) is 5.75 Å². The molecule has 0 bridgehead atoms. The van der Waals surface area contributed by atoms with Gasteiger partial charge in [0, 0.05) is 74.2 Å². The molecule has 5 rings (SSSR count). The molecule has 8 heteroatoms. The largest absolute Gasteiger partial charge is 0.381 e.